The first-order chi connectivity index (χ1) is 12.9. The van der Waals surface area contributed by atoms with Gasteiger partial charge in [-0.1, -0.05) is 11.8 Å². The predicted octanol–water partition coefficient (Wildman–Crippen LogP) is 1.30. The molecule has 1 aliphatic carbocycles. The smallest absolute Gasteiger partial charge is 0.342 e. The highest BCUT2D eigenvalue weighted by Gasteiger charge is 2.28. The molecule has 2 aromatic rings. The van der Waals surface area contributed by atoms with E-state index in [1.807, 2.05) is 0 Å². The molecule has 11 heteroatoms. The maximum Gasteiger partial charge on any atom is 0.342 e. The van der Waals surface area contributed by atoms with Crippen molar-refractivity contribution in [3.05, 3.63) is 36.8 Å². The summed E-state index contributed by atoms with van der Waals surface area (Å²) in [6, 6.07) is 0. The minimum Gasteiger partial charge on any atom is -0.465 e. The van der Waals surface area contributed by atoms with Gasteiger partial charge in [0.2, 0.25) is 5.91 Å². The third-order valence-electron chi connectivity index (χ3n) is 4.14. The Labute approximate surface area is 161 Å². The molecule has 2 aromatic heterocycles. The number of fused-ring (bicyclic) bond motifs is 1. The van der Waals surface area contributed by atoms with E-state index in [1.165, 1.54) is 18.4 Å². The zero-order chi connectivity index (χ0) is 19.6. The molecule has 0 saturated heterocycles. The van der Waals surface area contributed by atoms with Gasteiger partial charge < -0.3 is 10.1 Å². The summed E-state index contributed by atoms with van der Waals surface area (Å²) in [5.41, 5.74) is -0.00575. The number of thiophene rings is 1. The van der Waals surface area contributed by atoms with Crippen LogP contribution in [0.4, 0.5) is 5.00 Å². The number of nitrogens with one attached hydrogen (secondary N) is 3. The fourth-order valence-corrected chi connectivity index (χ4v) is 4.86. The molecule has 1 aliphatic rings. The van der Waals surface area contributed by atoms with E-state index in [0.717, 1.165) is 47.9 Å². The molecule has 3 N–H and O–H groups in total. The van der Waals surface area contributed by atoms with Crippen LogP contribution in [0.5, 0.6) is 0 Å². The fraction of sp³-hybridized carbons (Fsp3) is 0.438. The highest BCUT2D eigenvalue weighted by Crippen LogP contribution is 2.38. The van der Waals surface area contributed by atoms with E-state index < -0.39 is 22.5 Å². The lowest BCUT2D eigenvalue weighted by atomic mass is 9.95. The van der Waals surface area contributed by atoms with Gasteiger partial charge >= 0.3 is 11.7 Å². The van der Waals surface area contributed by atoms with Gasteiger partial charge in [-0.15, -0.1) is 11.3 Å². The van der Waals surface area contributed by atoms with Crippen LogP contribution in [-0.4, -0.2) is 39.4 Å². The molecule has 0 saturated carbocycles. The Bertz CT molecular complexity index is 993. The van der Waals surface area contributed by atoms with Gasteiger partial charge in [0.05, 0.1) is 17.9 Å². The Morgan fingerprint density at radius 3 is 2.74 bits per heavy atom. The van der Waals surface area contributed by atoms with Gasteiger partial charge in [0, 0.05) is 4.88 Å². The van der Waals surface area contributed by atoms with Gasteiger partial charge in [0.25, 0.3) is 5.56 Å². The van der Waals surface area contributed by atoms with Crippen LogP contribution in [-0.2, 0) is 22.4 Å². The number of amides is 1. The van der Waals surface area contributed by atoms with Gasteiger partial charge in [0.1, 0.15) is 5.00 Å². The molecule has 1 amide bonds. The molecule has 0 fully saturated rings. The zero-order valence-corrected chi connectivity index (χ0v) is 16.3. The van der Waals surface area contributed by atoms with E-state index in [9.17, 15) is 19.2 Å². The summed E-state index contributed by atoms with van der Waals surface area (Å²) in [7, 11) is 1.31. The van der Waals surface area contributed by atoms with Crippen LogP contribution in [0.25, 0.3) is 0 Å². The number of ether oxygens (including phenoxy) is 1. The van der Waals surface area contributed by atoms with Crippen molar-refractivity contribution in [2.24, 2.45) is 0 Å². The number of carbonyl (C=O) groups excluding carboxylic acids is 2. The minimum absolute atomic E-state index is 0.0177. The van der Waals surface area contributed by atoms with Crippen LogP contribution in [0.2, 0.25) is 0 Å². The van der Waals surface area contributed by atoms with Crippen molar-refractivity contribution in [2.45, 2.75) is 42.9 Å². The van der Waals surface area contributed by atoms with Crippen molar-refractivity contribution in [1.29, 1.82) is 0 Å². The van der Waals surface area contributed by atoms with Crippen molar-refractivity contribution in [2.75, 3.05) is 12.4 Å². The summed E-state index contributed by atoms with van der Waals surface area (Å²) in [6.07, 6.45) is 3.70. The van der Waals surface area contributed by atoms with Crippen molar-refractivity contribution in [3.63, 3.8) is 0 Å². The lowest BCUT2D eigenvalue weighted by molar-refractivity contribution is -0.115. The van der Waals surface area contributed by atoms with Crippen LogP contribution in [0.15, 0.2) is 14.6 Å². The third-order valence-corrected chi connectivity index (χ3v) is 6.41. The number of aromatic nitrogens is 3. The average molecular weight is 410 g/mol. The van der Waals surface area contributed by atoms with Crippen LogP contribution >= 0.6 is 23.1 Å². The summed E-state index contributed by atoms with van der Waals surface area (Å²) in [5, 5.41) is 8.33. The molecule has 0 aromatic carbocycles. The van der Waals surface area contributed by atoms with E-state index in [-0.39, 0.29) is 10.9 Å². The molecular weight excluding hydrogens is 392 g/mol. The number of hydrogen-bond donors (Lipinski definition) is 3. The fourth-order valence-electron chi connectivity index (χ4n) is 2.82. The number of H-pyrrole nitrogens is 2. The van der Waals surface area contributed by atoms with E-state index in [2.05, 4.69) is 20.5 Å². The second-order valence-corrected chi connectivity index (χ2v) is 8.40. The number of methoxy groups -OCH3 is 1. The monoisotopic (exact) mass is 410 g/mol. The number of aryl methyl sites for hydroxylation is 1. The van der Waals surface area contributed by atoms with E-state index in [1.54, 1.807) is 6.92 Å². The zero-order valence-electron chi connectivity index (χ0n) is 14.7. The molecule has 1 atom stereocenters. The van der Waals surface area contributed by atoms with Crippen LogP contribution < -0.4 is 16.6 Å². The highest BCUT2D eigenvalue weighted by atomic mass is 32.2. The Morgan fingerprint density at radius 1 is 1.30 bits per heavy atom. The van der Waals surface area contributed by atoms with Crippen molar-refractivity contribution in [3.8, 4) is 0 Å². The number of rotatable bonds is 5. The molecule has 9 nitrogen and oxygen atoms in total. The maximum absolute atomic E-state index is 12.6. The molecule has 0 spiro atoms. The molecule has 0 bridgehead atoms. The average Bonchev–Trinajstić information content (AvgIpc) is 3.01. The largest absolute Gasteiger partial charge is 0.465 e. The summed E-state index contributed by atoms with van der Waals surface area (Å²) in [5.74, 6) is -0.847. The SMILES string of the molecule is COC(=O)c1c(NC(=O)[C@H](C)Sc2n[nH]c(=O)[nH]c2=O)sc2c1CCCC2. The topological polar surface area (TPSA) is 134 Å². The van der Waals surface area contributed by atoms with E-state index in [4.69, 9.17) is 4.74 Å². The molecule has 3 rings (SSSR count). The maximum atomic E-state index is 12.6. The molecule has 0 unspecified atom stereocenters. The Balaban J connectivity index is 1.81. The van der Waals surface area contributed by atoms with Crippen molar-refractivity contribution >= 4 is 40.0 Å². The Kier molecular flexibility index (Phi) is 5.80. The number of anilines is 1. The summed E-state index contributed by atoms with van der Waals surface area (Å²) >= 11 is 2.30. The van der Waals surface area contributed by atoms with Crippen LogP contribution in [0.1, 0.15) is 40.6 Å². The molecule has 0 radical (unpaired) electrons. The number of esters is 1. The number of hydrogen-bond acceptors (Lipinski definition) is 8. The van der Waals surface area contributed by atoms with Crippen molar-refractivity contribution < 1.29 is 14.3 Å². The van der Waals surface area contributed by atoms with Crippen molar-refractivity contribution in [1.82, 2.24) is 15.2 Å². The molecule has 144 valence electrons. The van der Waals surface area contributed by atoms with Gasteiger partial charge in [-0.05, 0) is 38.2 Å². The third kappa shape index (κ3) is 4.14. The summed E-state index contributed by atoms with van der Waals surface area (Å²) in [6.45, 7) is 1.61. The molecular formula is C16H18N4O5S2. The number of carbonyl (C=O) groups is 2. The lowest BCUT2D eigenvalue weighted by Crippen LogP contribution is -2.28. The first-order valence-corrected chi connectivity index (χ1v) is 9.99. The number of aromatic amines is 2. The predicted molar refractivity (Wildman–Crippen MR) is 102 cm³/mol. The van der Waals surface area contributed by atoms with Gasteiger partial charge in [-0.25, -0.2) is 14.7 Å². The van der Waals surface area contributed by atoms with Crippen LogP contribution in [0.3, 0.4) is 0 Å². The first-order valence-electron chi connectivity index (χ1n) is 8.30. The normalized spacial score (nSPS) is 14.3. The lowest BCUT2D eigenvalue weighted by Gasteiger charge is -2.12. The molecule has 27 heavy (non-hydrogen) atoms. The van der Waals surface area contributed by atoms with Gasteiger partial charge in [-0.2, -0.15) is 5.10 Å². The minimum atomic E-state index is -0.714. The Morgan fingerprint density at radius 2 is 2.04 bits per heavy atom. The number of nitrogens with zero attached hydrogens (tertiary/aromatic N) is 1. The van der Waals surface area contributed by atoms with E-state index >= 15 is 0 Å². The summed E-state index contributed by atoms with van der Waals surface area (Å²) < 4.78 is 4.89. The van der Waals surface area contributed by atoms with Gasteiger partial charge in [0.15, 0.2) is 5.03 Å². The molecule has 0 aliphatic heterocycles. The standard InChI is InChI=1S/C16H18N4O5S2/c1-7(26-14-12(22)18-16(24)20-19-14)11(21)17-13-10(15(23)25-2)8-5-3-4-6-9(8)27-13/h7H,3-6H2,1-2H3,(H,17,21)(H2,18,20,22,24)/t7-/m0/s1. The Hall–Kier alpha value is -2.40. The second kappa shape index (κ2) is 8.09. The van der Waals surface area contributed by atoms with Gasteiger partial charge in [-0.3, -0.25) is 14.6 Å². The summed E-state index contributed by atoms with van der Waals surface area (Å²) in [4.78, 5) is 50.7. The number of thioether (sulfide) groups is 1. The second-order valence-electron chi connectivity index (χ2n) is 5.97. The molecule has 2 heterocycles. The van der Waals surface area contributed by atoms with Crippen LogP contribution in [0, 0.1) is 0 Å². The first kappa shape index (κ1) is 19.4. The highest BCUT2D eigenvalue weighted by molar-refractivity contribution is 8.00. The quantitative estimate of drug-likeness (QED) is 0.500. The van der Waals surface area contributed by atoms with E-state index in [0.29, 0.717) is 10.6 Å².